The minimum absolute atomic E-state index is 0.0650. The molecule has 0 heterocycles. The number of hydrogen-bond acceptors (Lipinski definition) is 3. The molecule has 0 spiro atoms. The molecule has 1 rings (SSSR count). The fourth-order valence-corrected chi connectivity index (χ4v) is 1.97. The van der Waals surface area contributed by atoms with Crippen LogP contribution in [0.3, 0.4) is 0 Å². The van der Waals surface area contributed by atoms with Crippen LogP contribution >= 0.6 is 0 Å². The molecule has 0 bridgehead atoms. The molecule has 0 radical (unpaired) electrons. The van der Waals surface area contributed by atoms with E-state index in [0.29, 0.717) is 6.10 Å². The highest BCUT2D eigenvalue weighted by Crippen LogP contribution is 2.15. The zero-order chi connectivity index (χ0) is 13.5. The van der Waals surface area contributed by atoms with Crippen molar-refractivity contribution in [2.24, 2.45) is 5.73 Å². The summed E-state index contributed by atoms with van der Waals surface area (Å²) in [6.45, 7) is 8.74. The minimum Gasteiger partial charge on any atom is -0.377 e. The number of likely N-dealkylation sites (N-methyl/N-ethyl adjacent to an activating group) is 1. The lowest BCUT2D eigenvalue weighted by molar-refractivity contribution is 0.0629. The fourth-order valence-electron chi connectivity index (χ4n) is 1.97. The molecule has 102 valence electrons. The zero-order valence-electron chi connectivity index (χ0n) is 12.0. The first-order valence-corrected chi connectivity index (χ1v) is 6.62. The van der Waals surface area contributed by atoms with E-state index in [1.807, 2.05) is 12.1 Å². The van der Waals surface area contributed by atoms with Crippen molar-refractivity contribution in [1.29, 1.82) is 0 Å². The van der Waals surface area contributed by atoms with Gasteiger partial charge >= 0.3 is 0 Å². The monoisotopic (exact) mass is 250 g/mol. The number of aryl methyl sites for hydroxylation is 1. The Morgan fingerprint density at radius 2 is 1.94 bits per heavy atom. The lowest BCUT2D eigenvalue weighted by Crippen LogP contribution is -2.32. The van der Waals surface area contributed by atoms with Gasteiger partial charge in [-0.05, 0) is 38.9 Å². The summed E-state index contributed by atoms with van der Waals surface area (Å²) in [6, 6.07) is 8.38. The maximum Gasteiger partial charge on any atom is 0.0596 e. The van der Waals surface area contributed by atoms with Gasteiger partial charge in [-0.2, -0.15) is 0 Å². The van der Waals surface area contributed by atoms with Crippen molar-refractivity contribution in [2.45, 2.75) is 32.9 Å². The highest BCUT2D eigenvalue weighted by atomic mass is 16.5. The van der Waals surface area contributed by atoms with Gasteiger partial charge in [0.1, 0.15) is 0 Å². The maximum absolute atomic E-state index is 6.25. The molecule has 2 N–H and O–H groups in total. The summed E-state index contributed by atoms with van der Waals surface area (Å²) >= 11 is 0. The molecular weight excluding hydrogens is 224 g/mol. The van der Waals surface area contributed by atoms with Gasteiger partial charge in [0.05, 0.1) is 12.7 Å². The van der Waals surface area contributed by atoms with Crippen LogP contribution in [0.1, 0.15) is 31.0 Å². The second-order valence-corrected chi connectivity index (χ2v) is 5.14. The van der Waals surface area contributed by atoms with Gasteiger partial charge in [0, 0.05) is 19.1 Å². The van der Waals surface area contributed by atoms with Gasteiger partial charge in [0.15, 0.2) is 0 Å². The summed E-state index contributed by atoms with van der Waals surface area (Å²) in [5.41, 5.74) is 8.74. The third-order valence-corrected chi connectivity index (χ3v) is 3.02. The summed E-state index contributed by atoms with van der Waals surface area (Å²) in [5.74, 6) is 0. The van der Waals surface area contributed by atoms with Gasteiger partial charge in [-0.1, -0.05) is 24.3 Å². The highest BCUT2D eigenvalue weighted by molar-refractivity contribution is 5.28. The lowest BCUT2D eigenvalue weighted by atomic mass is 10.0. The van der Waals surface area contributed by atoms with Crippen LogP contribution in [0.25, 0.3) is 0 Å². The molecule has 0 saturated heterocycles. The van der Waals surface area contributed by atoms with E-state index >= 15 is 0 Å². The van der Waals surface area contributed by atoms with E-state index < -0.39 is 0 Å². The Labute approximate surface area is 111 Å². The minimum atomic E-state index is 0.0650. The molecule has 0 aromatic heterocycles. The third kappa shape index (κ3) is 5.17. The van der Waals surface area contributed by atoms with Crippen molar-refractivity contribution >= 4 is 0 Å². The van der Waals surface area contributed by atoms with Gasteiger partial charge in [-0.15, -0.1) is 0 Å². The Morgan fingerprint density at radius 1 is 1.28 bits per heavy atom. The van der Waals surface area contributed by atoms with E-state index in [0.717, 1.165) is 19.7 Å². The first-order chi connectivity index (χ1) is 8.50. The SMILES string of the molecule is Cc1ccccc1C(N)CN(C)CCOC(C)C. The summed E-state index contributed by atoms with van der Waals surface area (Å²) in [6.07, 6.45) is 0.295. The summed E-state index contributed by atoms with van der Waals surface area (Å²) in [4.78, 5) is 2.22. The average Bonchev–Trinajstić information content (AvgIpc) is 2.28. The van der Waals surface area contributed by atoms with Crippen molar-refractivity contribution in [2.75, 3.05) is 26.7 Å². The number of hydrogen-bond donors (Lipinski definition) is 1. The van der Waals surface area contributed by atoms with E-state index in [-0.39, 0.29) is 6.04 Å². The molecule has 0 fully saturated rings. The van der Waals surface area contributed by atoms with E-state index in [1.54, 1.807) is 0 Å². The molecule has 0 saturated carbocycles. The Balaban J connectivity index is 2.40. The summed E-state index contributed by atoms with van der Waals surface area (Å²) in [5, 5.41) is 0. The molecule has 1 aromatic carbocycles. The van der Waals surface area contributed by atoms with Crippen molar-refractivity contribution in [3.63, 3.8) is 0 Å². The molecule has 1 aromatic rings. The van der Waals surface area contributed by atoms with Gasteiger partial charge < -0.3 is 15.4 Å². The van der Waals surface area contributed by atoms with Crippen molar-refractivity contribution in [3.05, 3.63) is 35.4 Å². The molecule has 0 aliphatic carbocycles. The number of benzene rings is 1. The van der Waals surface area contributed by atoms with Crippen LogP contribution < -0.4 is 5.73 Å². The van der Waals surface area contributed by atoms with Crippen LogP contribution in [0.5, 0.6) is 0 Å². The quantitative estimate of drug-likeness (QED) is 0.807. The van der Waals surface area contributed by atoms with Crippen LogP contribution in [-0.2, 0) is 4.74 Å². The van der Waals surface area contributed by atoms with Crippen molar-refractivity contribution < 1.29 is 4.74 Å². The van der Waals surface area contributed by atoms with Gasteiger partial charge in [0.25, 0.3) is 0 Å². The lowest BCUT2D eigenvalue weighted by Gasteiger charge is -2.23. The zero-order valence-corrected chi connectivity index (χ0v) is 12.0. The summed E-state index contributed by atoms with van der Waals surface area (Å²) in [7, 11) is 2.09. The predicted molar refractivity (Wildman–Crippen MR) is 76.7 cm³/mol. The van der Waals surface area contributed by atoms with E-state index in [4.69, 9.17) is 10.5 Å². The molecule has 3 heteroatoms. The molecule has 1 unspecified atom stereocenters. The highest BCUT2D eigenvalue weighted by Gasteiger charge is 2.11. The van der Waals surface area contributed by atoms with Crippen LogP contribution in [0.4, 0.5) is 0 Å². The molecule has 0 aliphatic heterocycles. The van der Waals surface area contributed by atoms with E-state index in [2.05, 4.69) is 44.9 Å². The molecule has 3 nitrogen and oxygen atoms in total. The molecular formula is C15H26N2O. The molecule has 0 aliphatic rings. The first-order valence-electron chi connectivity index (χ1n) is 6.62. The molecule has 0 amide bonds. The van der Waals surface area contributed by atoms with E-state index in [1.165, 1.54) is 11.1 Å². The number of nitrogens with zero attached hydrogens (tertiary/aromatic N) is 1. The van der Waals surface area contributed by atoms with Crippen molar-refractivity contribution in [3.8, 4) is 0 Å². The third-order valence-electron chi connectivity index (χ3n) is 3.02. The largest absolute Gasteiger partial charge is 0.377 e. The van der Waals surface area contributed by atoms with Gasteiger partial charge in [-0.25, -0.2) is 0 Å². The Kier molecular flexibility index (Phi) is 6.33. The molecule has 1 atom stereocenters. The van der Waals surface area contributed by atoms with Gasteiger partial charge in [-0.3, -0.25) is 0 Å². The molecule has 18 heavy (non-hydrogen) atoms. The van der Waals surface area contributed by atoms with Crippen LogP contribution in [0.2, 0.25) is 0 Å². The van der Waals surface area contributed by atoms with Gasteiger partial charge in [0.2, 0.25) is 0 Å². The second-order valence-electron chi connectivity index (χ2n) is 5.14. The topological polar surface area (TPSA) is 38.5 Å². The van der Waals surface area contributed by atoms with E-state index in [9.17, 15) is 0 Å². The Hall–Kier alpha value is -0.900. The average molecular weight is 250 g/mol. The number of nitrogens with two attached hydrogens (primary N) is 1. The first kappa shape index (κ1) is 15.2. The number of ether oxygens (including phenoxy) is 1. The second kappa shape index (κ2) is 7.52. The van der Waals surface area contributed by atoms with Crippen LogP contribution in [0.15, 0.2) is 24.3 Å². The predicted octanol–water partition coefficient (Wildman–Crippen LogP) is 2.35. The smallest absolute Gasteiger partial charge is 0.0596 e. The summed E-state index contributed by atoms with van der Waals surface area (Å²) < 4.78 is 5.54. The normalized spacial score (nSPS) is 13.3. The van der Waals surface area contributed by atoms with Crippen LogP contribution in [-0.4, -0.2) is 37.7 Å². The van der Waals surface area contributed by atoms with Crippen molar-refractivity contribution in [1.82, 2.24) is 4.90 Å². The maximum atomic E-state index is 6.25. The number of rotatable bonds is 7. The van der Waals surface area contributed by atoms with Crippen LogP contribution in [0, 0.1) is 6.92 Å². The Bertz CT molecular complexity index is 352. The standard InChI is InChI=1S/C15H26N2O/c1-12(2)18-10-9-17(4)11-15(16)14-8-6-5-7-13(14)3/h5-8,12,15H,9-11,16H2,1-4H3. The Morgan fingerprint density at radius 3 is 2.56 bits per heavy atom. The fraction of sp³-hybridized carbons (Fsp3) is 0.600.